The zero-order valence-electron chi connectivity index (χ0n) is 17.9. The lowest BCUT2D eigenvalue weighted by Gasteiger charge is -2.28. The maximum atomic E-state index is 13.7. The molecule has 5 rings (SSSR count). The van der Waals surface area contributed by atoms with Crippen LogP contribution in [0.25, 0.3) is 0 Å². The van der Waals surface area contributed by atoms with Gasteiger partial charge in [-0.05, 0) is 56.7 Å². The van der Waals surface area contributed by atoms with Gasteiger partial charge in [-0.15, -0.1) is 0 Å². The van der Waals surface area contributed by atoms with Crippen molar-refractivity contribution in [3.8, 4) is 0 Å². The van der Waals surface area contributed by atoms with E-state index in [1.807, 2.05) is 18.5 Å². The lowest BCUT2D eigenvalue weighted by molar-refractivity contribution is -0.136. The summed E-state index contributed by atoms with van der Waals surface area (Å²) in [5, 5.41) is 0.760. The topological polar surface area (TPSA) is 41.4 Å². The van der Waals surface area contributed by atoms with Crippen LogP contribution >= 0.6 is 11.6 Å². The van der Waals surface area contributed by atoms with Gasteiger partial charge in [0, 0.05) is 55.9 Å². The maximum absolute atomic E-state index is 13.7. The van der Waals surface area contributed by atoms with Gasteiger partial charge < -0.3 is 9.47 Å². The molecule has 1 aliphatic carbocycles. The Hall–Kier alpha value is -1.85. The molecule has 1 saturated carbocycles. The number of hydrogen-bond acceptors (Lipinski definition) is 3. The Labute approximate surface area is 184 Å². The summed E-state index contributed by atoms with van der Waals surface area (Å²) in [7, 11) is 0. The van der Waals surface area contributed by atoms with Gasteiger partial charge in [-0.3, -0.25) is 9.69 Å². The lowest BCUT2D eigenvalue weighted by Crippen LogP contribution is -2.40. The molecule has 1 aromatic carbocycles. The zero-order chi connectivity index (χ0) is 20.9. The van der Waals surface area contributed by atoms with Gasteiger partial charge in [0.05, 0.1) is 17.4 Å². The van der Waals surface area contributed by atoms with Crippen molar-refractivity contribution in [3.05, 3.63) is 53.1 Å². The molecule has 2 aromatic rings. The highest BCUT2D eigenvalue weighted by atomic mass is 35.5. The van der Waals surface area contributed by atoms with Gasteiger partial charge >= 0.3 is 0 Å². The molecule has 2 saturated heterocycles. The molecule has 1 spiro atoms. The van der Waals surface area contributed by atoms with E-state index >= 15 is 0 Å². The minimum Gasteiger partial charge on any atom is -0.342 e. The largest absolute Gasteiger partial charge is 0.342 e. The Balaban J connectivity index is 1.42. The second-order valence-corrected chi connectivity index (χ2v) is 10.2. The molecule has 0 N–H and O–H groups in total. The average Bonchev–Trinajstić information content (AvgIpc) is 3.15. The molecule has 3 fully saturated rings. The predicted octanol–water partition coefficient (Wildman–Crippen LogP) is 4.35. The van der Waals surface area contributed by atoms with Crippen molar-refractivity contribution in [3.63, 3.8) is 0 Å². The van der Waals surface area contributed by atoms with Gasteiger partial charge in [-0.25, -0.2) is 4.98 Å². The second-order valence-electron chi connectivity index (χ2n) is 9.79. The standard InChI is InChI=1S/C24H31ClN4O/c1-17(2)29-14-22(26-16-29)21-13-27(11-18-5-7-20(25)8-6-18)15-24(21)9-10-28(23(24)30)12-19-3-4-19/h5-8,14,16-17,19,21H,3-4,9-13,15H2,1-2H3/t21-,24+/m1/s1. The van der Waals surface area contributed by atoms with Crippen LogP contribution in [-0.2, 0) is 11.3 Å². The van der Waals surface area contributed by atoms with E-state index in [9.17, 15) is 4.79 Å². The third kappa shape index (κ3) is 3.67. The van der Waals surface area contributed by atoms with Crippen molar-refractivity contribution in [1.82, 2.24) is 19.4 Å². The molecule has 5 nitrogen and oxygen atoms in total. The van der Waals surface area contributed by atoms with Crippen molar-refractivity contribution in [2.75, 3.05) is 26.2 Å². The Morgan fingerprint density at radius 2 is 2.00 bits per heavy atom. The molecule has 1 aromatic heterocycles. The summed E-state index contributed by atoms with van der Waals surface area (Å²) in [5.41, 5.74) is 1.98. The van der Waals surface area contributed by atoms with Crippen LogP contribution in [0.2, 0.25) is 5.02 Å². The van der Waals surface area contributed by atoms with Crippen LogP contribution in [-0.4, -0.2) is 51.4 Å². The minimum absolute atomic E-state index is 0.154. The van der Waals surface area contributed by atoms with Crippen LogP contribution in [0.5, 0.6) is 0 Å². The molecule has 0 bridgehead atoms. The van der Waals surface area contributed by atoms with Gasteiger partial charge in [0.15, 0.2) is 0 Å². The molecule has 3 aliphatic rings. The highest BCUT2D eigenvalue weighted by Crippen LogP contribution is 2.50. The fraction of sp³-hybridized carbons (Fsp3) is 0.583. The van der Waals surface area contributed by atoms with Crippen molar-refractivity contribution >= 4 is 17.5 Å². The number of rotatable bonds is 6. The summed E-state index contributed by atoms with van der Waals surface area (Å²) < 4.78 is 2.16. The quantitative estimate of drug-likeness (QED) is 0.689. The van der Waals surface area contributed by atoms with Gasteiger partial charge in [0.1, 0.15) is 0 Å². The number of aromatic nitrogens is 2. The number of carbonyl (C=O) groups excluding carboxylic acids is 1. The van der Waals surface area contributed by atoms with E-state index in [1.165, 1.54) is 18.4 Å². The van der Waals surface area contributed by atoms with Crippen LogP contribution in [0.1, 0.15) is 56.3 Å². The first-order valence-electron chi connectivity index (χ1n) is 11.2. The molecule has 0 unspecified atom stereocenters. The van der Waals surface area contributed by atoms with E-state index < -0.39 is 0 Å². The second kappa shape index (κ2) is 7.69. The first-order valence-corrected chi connectivity index (χ1v) is 11.6. The molecule has 3 heterocycles. The first-order chi connectivity index (χ1) is 14.4. The van der Waals surface area contributed by atoms with Crippen molar-refractivity contribution in [1.29, 1.82) is 0 Å². The summed E-state index contributed by atoms with van der Waals surface area (Å²) >= 11 is 6.07. The fourth-order valence-corrected chi connectivity index (χ4v) is 5.41. The van der Waals surface area contributed by atoms with Gasteiger partial charge in [-0.2, -0.15) is 0 Å². The monoisotopic (exact) mass is 426 g/mol. The zero-order valence-corrected chi connectivity index (χ0v) is 18.7. The number of hydrogen-bond donors (Lipinski definition) is 0. The number of amides is 1. The molecule has 30 heavy (non-hydrogen) atoms. The minimum atomic E-state index is -0.336. The van der Waals surface area contributed by atoms with Crippen molar-refractivity contribution < 1.29 is 4.79 Å². The molecule has 6 heteroatoms. The third-order valence-electron chi connectivity index (χ3n) is 7.22. The summed E-state index contributed by atoms with van der Waals surface area (Å²) in [6, 6.07) is 8.45. The van der Waals surface area contributed by atoms with Gasteiger partial charge in [0.25, 0.3) is 0 Å². The summed E-state index contributed by atoms with van der Waals surface area (Å²) in [6.45, 7) is 8.71. The van der Waals surface area contributed by atoms with Crippen LogP contribution in [0, 0.1) is 11.3 Å². The molecule has 0 radical (unpaired) electrons. The number of imidazole rings is 1. The Morgan fingerprint density at radius 1 is 1.23 bits per heavy atom. The van der Waals surface area contributed by atoms with Crippen LogP contribution < -0.4 is 0 Å². The third-order valence-corrected chi connectivity index (χ3v) is 7.48. The maximum Gasteiger partial charge on any atom is 0.230 e. The number of likely N-dealkylation sites (tertiary alicyclic amines) is 2. The predicted molar refractivity (Wildman–Crippen MR) is 118 cm³/mol. The van der Waals surface area contributed by atoms with Gasteiger partial charge in [-0.1, -0.05) is 23.7 Å². The molecule has 1 amide bonds. The number of benzene rings is 1. The molecular weight excluding hydrogens is 396 g/mol. The fourth-order valence-electron chi connectivity index (χ4n) is 5.28. The number of carbonyl (C=O) groups is 1. The SMILES string of the molecule is CC(C)n1cnc([C@H]2CN(Cc3ccc(Cl)cc3)C[C@@]23CCN(CC2CC2)C3=O)c1. The Kier molecular flexibility index (Phi) is 5.14. The summed E-state index contributed by atoms with van der Waals surface area (Å²) in [4.78, 5) is 23.1. The smallest absolute Gasteiger partial charge is 0.230 e. The highest BCUT2D eigenvalue weighted by molar-refractivity contribution is 6.30. The van der Waals surface area contributed by atoms with E-state index in [0.29, 0.717) is 11.9 Å². The molecule has 2 atom stereocenters. The van der Waals surface area contributed by atoms with Crippen molar-refractivity contribution in [2.45, 2.75) is 51.6 Å². The summed E-state index contributed by atoms with van der Waals surface area (Å²) in [5.74, 6) is 1.24. The number of nitrogens with zero attached hydrogens (tertiary/aromatic N) is 4. The molecule has 160 valence electrons. The Morgan fingerprint density at radius 3 is 2.67 bits per heavy atom. The first kappa shape index (κ1) is 20.1. The van der Waals surface area contributed by atoms with E-state index in [4.69, 9.17) is 16.6 Å². The number of halogens is 1. The Bertz CT molecular complexity index is 920. The van der Waals surface area contributed by atoms with E-state index in [0.717, 1.165) is 55.8 Å². The van der Waals surface area contributed by atoms with Crippen LogP contribution in [0.15, 0.2) is 36.8 Å². The van der Waals surface area contributed by atoms with E-state index in [2.05, 4.69) is 46.5 Å². The molecule has 2 aliphatic heterocycles. The normalized spacial score (nSPS) is 27.1. The van der Waals surface area contributed by atoms with Crippen molar-refractivity contribution in [2.24, 2.45) is 11.3 Å². The summed E-state index contributed by atoms with van der Waals surface area (Å²) in [6.07, 6.45) is 7.59. The van der Waals surface area contributed by atoms with Gasteiger partial charge in [0.2, 0.25) is 5.91 Å². The lowest BCUT2D eigenvalue weighted by atomic mass is 9.75. The average molecular weight is 427 g/mol. The van der Waals surface area contributed by atoms with E-state index in [1.54, 1.807) is 0 Å². The highest BCUT2D eigenvalue weighted by Gasteiger charge is 2.58. The molecular formula is C24H31ClN4O. The van der Waals surface area contributed by atoms with Crippen LogP contribution in [0.3, 0.4) is 0 Å². The van der Waals surface area contributed by atoms with Crippen LogP contribution in [0.4, 0.5) is 0 Å². The van der Waals surface area contributed by atoms with E-state index in [-0.39, 0.29) is 11.3 Å².